The maximum atomic E-state index is 3.78. The molecule has 9 heteroatoms. The first kappa shape index (κ1) is 24.7. The fourth-order valence-electron chi connectivity index (χ4n) is 3.23. The number of benzene rings is 2. The van der Waals surface area contributed by atoms with Crippen LogP contribution in [-0.2, 0) is 25.8 Å². The first-order valence-electron chi connectivity index (χ1n) is 8.88. The molecule has 31 heavy (non-hydrogen) atoms. The summed E-state index contributed by atoms with van der Waals surface area (Å²) in [4.78, 5) is 0. The van der Waals surface area contributed by atoms with E-state index in [0.717, 1.165) is 11.4 Å². The molecule has 6 nitrogen and oxygen atoms in total. The van der Waals surface area contributed by atoms with Gasteiger partial charge in [-0.05, 0) is 11.4 Å². The molecule has 152 valence electrons. The van der Waals surface area contributed by atoms with E-state index in [9.17, 15) is 0 Å². The Morgan fingerprint density at radius 3 is 1.26 bits per heavy atom. The minimum Gasteiger partial charge on any atom is -1.00 e. The maximum Gasteiger partial charge on any atom is 4.00 e. The molecule has 0 unspecified atom stereocenters. The van der Waals surface area contributed by atoms with E-state index in [0.29, 0.717) is 0 Å². The molecule has 0 fully saturated rings. The Kier molecular flexibility index (Phi) is 8.86. The second-order valence-corrected chi connectivity index (χ2v) is 6.42. The summed E-state index contributed by atoms with van der Waals surface area (Å²) in [6.45, 7) is 0. The topological polar surface area (TPSA) is 61.4 Å². The minimum absolute atomic E-state index is 0. The Labute approximate surface area is 210 Å². The SMILES string of the molecule is [Cl-].[Cl-].[Hf+4].c1ccc2[cH-]c(-n3cnnc3)cc2c1.c1ccc2[cH-]c(-n3cnnc3)cc2c1. The van der Waals surface area contributed by atoms with Crippen LogP contribution in [0.25, 0.3) is 32.9 Å². The van der Waals surface area contributed by atoms with E-state index in [-0.39, 0.29) is 50.7 Å². The molecule has 0 N–H and O–H groups in total. The first-order chi connectivity index (χ1) is 13.9. The molecule has 0 saturated heterocycles. The molecule has 6 aromatic rings. The van der Waals surface area contributed by atoms with E-state index in [2.05, 4.69) is 68.9 Å². The Balaban J connectivity index is 0.000000201. The molecule has 0 saturated carbocycles. The summed E-state index contributed by atoms with van der Waals surface area (Å²) in [6.07, 6.45) is 6.81. The quantitative estimate of drug-likeness (QED) is 0.172. The second kappa shape index (κ2) is 11.1. The van der Waals surface area contributed by atoms with Crippen molar-refractivity contribution >= 4 is 21.5 Å². The number of fused-ring (bicyclic) bond motifs is 2. The summed E-state index contributed by atoms with van der Waals surface area (Å²) in [7, 11) is 0. The number of halogens is 2. The van der Waals surface area contributed by atoms with Crippen molar-refractivity contribution in [1.29, 1.82) is 0 Å². The van der Waals surface area contributed by atoms with Crippen LogP contribution < -0.4 is 24.8 Å². The molecule has 0 amide bonds. The zero-order valence-corrected chi connectivity index (χ0v) is 21.3. The normalized spacial score (nSPS) is 9.81. The fraction of sp³-hybridized carbons (Fsp3) is 0. The molecule has 0 atom stereocenters. The minimum atomic E-state index is 0. The first-order valence-corrected chi connectivity index (χ1v) is 8.88. The summed E-state index contributed by atoms with van der Waals surface area (Å²) >= 11 is 0. The van der Waals surface area contributed by atoms with E-state index < -0.39 is 0 Å². The van der Waals surface area contributed by atoms with Gasteiger partial charge in [-0.15, -0.1) is 103 Å². The molecule has 0 bridgehead atoms. The van der Waals surface area contributed by atoms with Gasteiger partial charge < -0.3 is 33.9 Å². The molecule has 6 rings (SSSR count). The van der Waals surface area contributed by atoms with Gasteiger partial charge >= 0.3 is 25.8 Å². The van der Waals surface area contributed by atoms with Gasteiger partial charge in [0.25, 0.3) is 0 Å². The average molecular weight is 614 g/mol. The third-order valence-corrected chi connectivity index (χ3v) is 4.64. The Morgan fingerprint density at radius 1 is 0.548 bits per heavy atom. The van der Waals surface area contributed by atoms with E-state index in [4.69, 9.17) is 0 Å². The molecule has 0 aliphatic rings. The standard InChI is InChI=1S/2C11H8N3.2ClH.Hf/c2*1-2-4-10-6-11(5-9(10)3-1)14-7-12-13-8-14;;;/h2*1-8H;2*1H;/q2*-1;;;+4/p-2. The predicted octanol–water partition coefficient (Wildman–Crippen LogP) is -1.72. The smallest absolute Gasteiger partial charge is 1.00 e. The van der Waals surface area contributed by atoms with Crippen molar-refractivity contribution in [3.05, 3.63) is 98.1 Å². The van der Waals surface area contributed by atoms with Gasteiger partial charge in [-0.25, -0.2) is 0 Å². The van der Waals surface area contributed by atoms with Gasteiger partial charge in [0.1, 0.15) is 25.3 Å². The summed E-state index contributed by atoms with van der Waals surface area (Å²) in [5.41, 5.74) is 2.22. The van der Waals surface area contributed by atoms with Crippen LogP contribution in [0.15, 0.2) is 98.1 Å². The van der Waals surface area contributed by atoms with E-state index in [1.807, 2.05) is 33.4 Å². The van der Waals surface area contributed by atoms with Gasteiger partial charge in [0.15, 0.2) is 0 Å². The van der Waals surface area contributed by atoms with Crippen LogP contribution >= 0.6 is 0 Å². The molecule has 2 heterocycles. The summed E-state index contributed by atoms with van der Waals surface area (Å²) < 4.78 is 3.81. The van der Waals surface area contributed by atoms with Crippen LogP contribution in [0.5, 0.6) is 0 Å². The maximum absolute atomic E-state index is 3.78. The summed E-state index contributed by atoms with van der Waals surface area (Å²) in [6, 6.07) is 25.1. The van der Waals surface area contributed by atoms with Gasteiger partial charge in [-0.3, -0.25) is 0 Å². The van der Waals surface area contributed by atoms with Crippen molar-refractivity contribution in [2.45, 2.75) is 0 Å². The third kappa shape index (κ3) is 5.36. The van der Waals surface area contributed by atoms with Crippen molar-refractivity contribution in [3.8, 4) is 11.4 Å². The number of aromatic nitrogens is 6. The molecule has 0 spiro atoms. The molecular weight excluding hydrogens is 598 g/mol. The molecule has 2 aromatic heterocycles. The fourth-order valence-corrected chi connectivity index (χ4v) is 3.23. The van der Waals surface area contributed by atoms with Crippen molar-refractivity contribution in [3.63, 3.8) is 0 Å². The van der Waals surface area contributed by atoms with Crippen molar-refractivity contribution < 1.29 is 50.7 Å². The van der Waals surface area contributed by atoms with Gasteiger partial charge in [0.2, 0.25) is 0 Å². The number of hydrogen-bond donors (Lipinski definition) is 0. The predicted molar refractivity (Wildman–Crippen MR) is 109 cm³/mol. The van der Waals surface area contributed by atoms with E-state index in [1.165, 1.54) is 21.5 Å². The van der Waals surface area contributed by atoms with Gasteiger partial charge in [-0.2, -0.15) is 0 Å². The third-order valence-electron chi connectivity index (χ3n) is 4.64. The summed E-state index contributed by atoms with van der Waals surface area (Å²) in [5.74, 6) is 0. The van der Waals surface area contributed by atoms with Crippen LogP contribution in [0.1, 0.15) is 0 Å². The zero-order valence-electron chi connectivity index (χ0n) is 16.2. The Hall–Kier alpha value is -2.61. The Bertz CT molecular complexity index is 1150. The molecule has 4 aromatic carbocycles. The van der Waals surface area contributed by atoms with Crippen molar-refractivity contribution in [2.24, 2.45) is 0 Å². The number of rotatable bonds is 2. The Morgan fingerprint density at radius 2 is 0.903 bits per heavy atom. The van der Waals surface area contributed by atoms with E-state index in [1.54, 1.807) is 25.3 Å². The van der Waals surface area contributed by atoms with Gasteiger partial charge in [0.05, 0.1) is 0 Å². The van der Waals surface area contributed by atoms with Crippen LogP contribution in [-0.4, -0.2) is 29.5 Å². The van der Waals surface area contributed by atoms with Crippen LogP contribution in [0.2, 0.25) is 0 Å². The van der Waals surface area contributed by atoms with Crippen LogP contribution in [0.4, 0.5) is 0 Å². The molecule has 0 radical (unpaired) electrons. The summed E-state index contributed by atoms with van der Waals surface area (Å²) in [5, 5.41) is 20.1. The molecule has 0 aliphatic carbocycles. The monoisotopic (exact) mass is 614 g/mol. The van der Waals surface area contributed by atoms with Crippen LogP contribution in [0.3, 0.4) is 0 Å². The van der Waals surface area contributed by atoms with Gasteiger partial charge in [0, 0.05) is 0 Å². The molecular formula is C22H16Cl2HfN6. The second-order valence-electron chi connectivity index (χ2n) is 6.42. The van der Waals surface area contributed by atoms with Crippen molar-refractivity contribution in [2.75, 3.05) is 0 Å². The zero-order chi connectivity index (χ0) is 18.8. The van der Waals surface area contributed by atoms with Crippen LogP contribution in [0, 0.1) is 0 Å². The largest absolute Gasteiger partial charge is 4.00 e. The number of hydrogen-bond acceptors (Lipinski definition) is 4. The van der Waals surface area contributed by atoms with E-state index >= 15 is 0 Å². The molecule has 0 aliphatic heterocycles. The van der Waals surface area contributed by atoms with Gasteiger partial charge in [-0.1, -0.05) is 12.1 Å². The average Bonchev–Trinajstić information content (AvgIpc) is 3.54. The number of nitrogens with zero attached hydrogens (tertiary/aromatic N) is 6. The van der Waals surface area contributed by atoms with Crippen molar-refractivity contribution in [1.82, 2.24) is 29.5 Å².